The number of nitrogens with zero attached hydrogens (tertiary/aromatic N) is 2. The third-order valence-electron chi connectivity index (χ3n) is 2.55. The van der Waals surface area contributed by atoms with Crippen molar-refractivity contribution in [3.63, 3.8) is 0 Å². The monoisotopic (exact) mass is 306 g/mol. The van der Waals surface area contributed by atoms with Gasteiger partial charge in [-0.2, -0.15) is 0 Å². The Bertz CT molecular complexity index is 710. The van der Waals surface area contributed by atoms with Crippen molar-refractivity contribution >= 4 is 34.5 Å². The van der Waals surface area contributed by atoms with Gasteiger partial charge in [-0.15, -0.1) is 11.3 Å². The van der Waals surface area contributed by atoms with E-state index in [-0.39, 0.29) is 0 Å². The van der Waals surface area contributed by atoms with Gasteiger partial charge in [-0.25, -0.2) is 9.97 Å². The molecule has 94 valence electrons. The zero-order valence-electron chi connectivity index (χ0n) is 9.68. The number of hydrogen-bond acceptors (Lipinski definition) is 3. The van der Waals surface area contributed by atoms with Crippen molar-refractivity contribution in [2.45, 2.75) is 0 Å². The van der Waals surface area contributed by atoms with Crippen molar-refractivity contribution < 1.29 is 0 Å². The van der Waals surface area contributed by atoms with Gasteiger partial charge in [-0.1, -0.05) is 53.5 Å². The van der Waals surface area contributed by atoms with E-state index in [1.807, 2.05) is 41.8 Å². The second-order valence-electron chi connectivity index (χ2n) is 3.89. The summed E-state index contributed by atoms with van der Waals surface area (Å²) in [6.45, 7) is 0. The average molecular weight is 307 g/mol. The molecule has 0 spiro atoms. The molecule has 0 aliphatic rings. The molecule has 0 bridgehead atoms. The molecular formula is C14H8Cl2N2S. The van der Waals surface area contributed by atoms with E-state index in [0.717, 1.165) is 16.1 Å². The molecule has 0 fully saturated rings. The lowest BCUT2D eigenvalue weighted by Gasteiger charge is -2.03. The minimum absolute atomic E-state index is 0.424. The summed E-state index contributed by atoms with van der Waals surface area (Å²) in [5, 5.41) is 2.96. The smallest absolute Gasteiger partial charge is 0.171 e. The molecule has 2 nitrogen and oxygen atoms in total. The van der Waals surface area contributed by atoms with Crippen LogP contribution in [-0.2, 0) is 0 Å². The fourth-order valence-corrected chi connectivity index (χ4v) is 2.91. The second-order valence-corrected chi connectivity index (χ2v) is 5.63. The highest BCUT2D eigenvalue weighted by Gasteiger charge is 2.09. The van der Waals surface area contributed by atoms with Gasteiger partial charge in [-0.3, -0.25) is 0 Å². The molecule has 1 aromatic carbocycles. The van der Waals surface area contributed by atoms with E-state index in [1.54, 1.807) is 6.07 Å². The maximum Gasteiger partial charge on any atom is 0.171 e. The van der Waals surface area contributed by atoms with Crippen molar-refractivity contribution in [1.29, 1.82) is 0 Å². The van der Waals surface area contributed by atoms with Crippen molar-refractivity contribution in [3.8, 4) is 22.0 Å². The highest BCUT2D eigenvalue weighted by molar-refractivity contribution is 7.14. The molecule has 3 aromatic rings. The van der Waals surface area contributed by atoms with Crippen molar-refractivity contribution in [1.82, 2.24) is 9.97 Å². The molecule has 19 heavy (non-hydrogen) atoms. The molecule has 0 saturated carbocycles. The van der Waals surface area contributed by atoms with Crippen LogP contribution in [0.15, 0.2) is 47.8 Å². The van der Waals surface area contributed by atoms with Crippen LogP contribution < -0.4 is 0 Å². The van der Waals surface area contributed by atoms with E-state index in [9.17, 15) is 0 Å². The first-order chi connectivity index (χ1) is 9.22. The van der Waals surface area contributed by atoms with E-state index in [0.29, 0.717) is 16.0 Å². The molecule has 5 heteroatoms. The number of hydrogen-bond donors (Lipinski definition) is 0. The predicted molar refractivity (Wildman–Crippen MR) is 80.8 cm³/mol. The Labute approximate surface area is 124 Å². The molecule has 0 atom stereocenters. The number of aromatic nitrogens is 2. The summed E-state index contributed by atoms with van der Waals surface area (Å²) in [4.78, 5) is 9.70. The quantitative estimate of drug-likeness (QED) is 0.610. The Balaban J connectivity index is 2.11. The number of rotatable bonds is 2. The van der Waals surface area contributed by atoms with Gasteiger partial charge in [0.25, 0.3) is 0 Å². The van der Waals surface area contributed by atoms with Gasteiger partial charge in [-0.05, 0) is 6.07 Å². The largest absolute Gasteiger partial charge is 0.227 e. The van der Waals surface area contributed by atoms with E-state index >= 15 is 0 Å². The van der Waals surface area contributed by atoms with Crippen molar-refractivity contribution in [3.05, 3.63) is 58.0 Å². The van der Waals surface area contributed by atoms with Crippen LogP contribution in [0.1, 0.15) is 0 Å². The Morgan fingerprint density at radius 3 is 2.42 bits per heavy atom. The molecule has 0 N–H and O–H groups in total. The van der Waals surface area contributed by atoms with Gasteiger partial charge < -0.3 is 0 Å². The molecular weight excluding hydrogens is 299 g/mol. The van der Waals surface area contributed by atoms with E-state index in [2.05, 4.69) is 9.97 Å². The topological polar surface area (TPSA) is 25.8 Å². The minimum atomic E-state index is 0.424. The highest BCUT2D eigenvalue weighted by Crippen LogP contribution is 2.30. The number of benzene rings is 1. The summed E-state index contributed by atoms with van der Waals surface area (Å²) in [7, 11) is 0. The van der Waals surface area contributed by atoms with Crippen LogP contribution in [0.3, 0.4) is 0 Å². The molecule has 0 amide bonds. The van der Waals surface area contributed by atoms with Gasteiger partial charge in [0.05, 0.1) is 15.6 Å². The molecule has 3 rings (SSSR count). The fourth-order valence-electron chi connectivity index (χ4n) is 1.71. The lowest BCUT2D eigenvalue weighted by molar-refractivity contribution is 1.19. The summed E-state index contributed by atoms with van der Waals surface area (Å²) in [6, 6.07) is 13.5. The minimum Gasteiger partial charge on any atom is -0.227 e. The molecule has 0 unspecified atom stereocenters. The molecule has 0 aliphatic carbocycles. The number of halogens is 2. The summed E-state index contributed by atoms with van der Waals surface area (Å²) in [5.74, 6) is 0.600. The lowest BCUT2D eigenvalue weighted by Crippen LogP contribution is -1.91. The maximum atomic E-state index is 6.08. The Hall–Kier alpha value is -1.42. The van der Waals surface area contributed by atoms with Crippen molar-refractivity contribution in [2.75, 3.05) is 0 Å². The molecule has 0 saturated heterocycles. The molecule has 0 radical (unpaired) electrons. The summed E-state index contributed by atoms with van der Waals surface area (Å²) in [5.41, 5.74) is 1.82. The molecule has 2 heterocycles. The van der Waals surface area contributed by atoms with Crippen LogP contribution in [-0.4, -0.2) is 9.97 Å². The van der Waals surface area contributed by atoms with E-state index in [1.165, 1.54) is 11.3 Å². The van der Waals surface area contributed by atoms with Crippen LogP contribution >= 0.6 is 34.5 Å². The standard InChI is InChI=1S/C14H8Cl2N2S/c15-10-6-12(19-8-10)14-17-11(7-13(16)18-14)9-4-2-1-3-5-9/h1-8H. The zero-order valence-corrected chi connectivity index (χ0v) is 12.0. The normalized spacial score (nSPS) is 10.6. The Morgan fingerprint density at radius 2 is 1.74 bits per heavy atom. The lowest BCUT2D eigenvalue weighted by atomic mass is 10.1. The Morgan fingerprint density at radius 1 is 0.947 bits per heavy atom. The van der Waals surface area contributed by atoms with Crippen LogP contribution in [0, 0.1) is 0 Å². The van der Waals surface area contributed by atoms with Crippen LogP contribution in [0.2, 0.25) is 10.2 Å². The summed E-state index contributed by atoms with van der Waals surface area (Å²) >= 11 is 13.5. The SMILES string of the molecule is Clc1csc(-c2nc(Cl)cc(-c3ccccc3)n2)c1. The van der Waals surface area contributed by atoms with Gasteiger partial charge >= 0.3 is 0 Å². The van der Waals surface area contributed by atoms with E-state index in [4.69, 9.17) is 23.2 Å². The van der Waals surface area contributed by atoms with Crippen LogP contribution in [0.25, 0.3) is 22.0 Å². The van der Waals surface area contributed by atoms with Crippen LogP contribution in [0.5, 0.6) is 0 Å². The van der Waals surface area contributed by atoms with Crippen LogP contribution in [0.4, 0.5) is 0 Å². The second kappa shape index (κ2) is 5.29. The van der Waals surface area contributed by atoms with Gasteiger partial charge in [0.2, 0.25) is 0 Å². The first-order valence-corrected chi connectivity index (χ1v) is 7.20. The van der Waals surface area contributed by atoms with Gasteiger partial charge in [0.1, 0.15) is 5.15 Å². The number of thiophene rings is 1. The molecule has 0 aliphatic heterocycles. The first kappa shape index (κ1) is 12.6. The Kier molecular flexibility index (Phi) is 3.51. The predicted octanol–water partition coefficient (Wildman–Crippen LogP) is 5.18. The van der Waals surface area contributed by atoms with E-state index < -0.39 is 0 Å². The van der Waals surface area contributed by atoms with Crippen molar-refractivity contribution in [2.24, 2.45) is 0 Å². The summed E-state index contributed by atoms with van der Waals surface area (Å²) < 4.78 is 0. The highest BCUT2D eigenvalue weighted by atomic mass is 35.5. The first-order valence-electron chi connectivity index (χ1n) is 5.57. The zero-order chi connectivity index (χ0) is 13.2. The molecule has 2 aromatic heterocycles. The van der Waals surface area contributed by atoms with Gasteiger partial charge in [0.15, 0.2) is 5.82 Å². The summed E-state index contributed by atoms with van der Waals surface area (Å²) in [6.07, 6.45) is 0. The van der Waals surface area contributed by atoms with Gasteiger partial charge in [0, 0.05) is 17.0 Å². The third kappa shape index (κ3) is 2.78. The third-order valence-corrected chi connectivity index (χ3v) is 4.02. The fraction of sp³-hybridized carbons (Fsp3) is 0. The average Bonchev–Trinajstić information content (AvgIpc) is 2.86. The maximum absolute atomic E-state index is 6.08.